The maximum Gasteiger partial charge on any atom is 0.162 e. The van der Waals surface area contributed by atoms with Crippen LogP contribution in [-0.4, -0.2) is 5.11 Å². The largest absolute Gasteiger partial charge is 0.385 e. The van der Waals surface area contributed by atoms with Crippen molar-refractivity contribution in [2.45, 2.75) is 25.4 Å². The zero-order valence-corrected chi connectivity index (χ0v) is 11.0. The van der Waals surface area contributed by atoms with Gasteiger partial charge in [-0.05, 0) is 24.1 Å². The lowest BCUT2D eigenvalue weighted by molar-refractivity contribution is 0.0282. The predicted octanol–water partition coefficient (Wildman–Crippen LogP) is 3.94. The summed E-state index contributed by atoms with van der Waals surface area (Å²) in [6.07, 6.45) is -0.00207. The Kier molecular flexibility index (Phi) is 4.14. The van der Waals surface area contributed by atoms with Crippen molar-refractivity contribution in [3.8, 4) is 0 Å². The number of benzene rings is 2. The molecule has 1 unspecified atom stereocenters. The van der Waals surface area contributed by atoms with E-state index in [1.54, 1.807) is 13.0 Å². The lowest BCUT2D eigenvalue weighted by Crippen LogP contribution is -2.29. The zero-order chi connectivity index (χ0) is 14.8. The highest BCUT2D eigenvalue weighted by atomic mass is 19.2. The van der Waals surface area contributed by atoms with E-state index in [2.05, 4.69) is 0 Å². The normalized spacial score (nSPS) is 14.1. The van der Waals surface area contributed by atoms with Crippen LogP contribution in [0.15, 0.2) is 42.5 Å². The highest BCUT2D eigenvalue weighted by molar-refractivity contribution is 5.29. The second kappa shape index (κ2) is 5.67. The van der Waals surface area contributed by atoms with Crippen LogP contribution in [0.5, 0.6) is 0 Å². The number of aliphatic hydroxyl groups is 1. The summed E-state index contributed by atoms with van der Waals surface area (Å²) >= 11 is 0. The fourth-order valence-electron chi connectivity index (χ4n) is 2.25. The van der Waals surface area contributed by atoms with Crippen LogP contribution in [0.25, 0.3) is 0 Å². The molecule has 0 saturated carbocycles. The molecule has 2 aromatic rings. The molecular weight excluding hydrogens is 265 g/mol. The van der Waals surface area contributed by atoms with Gasteiger partial charge < -0.3 is 5.11 Å². The molecule has 0 saturated heterocycles. The van der Waals surface area contributed by atoms with E-state index >= 15 is 0 Å². The van der Waals surface area contributed by atoms with E-state index in [0.717, 1.165) is 6.07 Å². The van der Waals surface area contributed by atoms with Gasteiger partial charge in [-0.1, -0.05) is 37.3 Å². The summed E-state index contributed by atoms with van der Waals surface area (Å²) in [6.45, 7) is 1.67. The molecule has 0 aliphatic heterocycles. The van der Waals surface area contributed by atoms with E-state index in [1.165, 1.54) is 30.3 Å². The third kappa shape index (κ3) is 2.70. The molecule has 0 aliphatic rings. The Morgan fingerprint density at radius 3 is 2.25 bits per heavy atom. The number of halogens is 3. The van der Waals surface area contributed by atoms with Crippen LogP contribution in [0.1, 0.15) is 24.5 Å². The fraction of sp³-hybridized carbons (Fsp3) is 0.250. The molecule has 1 N–H and O–H groups in total. The topological polar surface area (TPSA) is 20.2 Å². The Morgan fingerprint density at radius 2 is 1.60 bits per heavy atom. The molecule has 0 radical (unpaired) electrons. The quantitative estimate of drug-likeness (QED) is 0.899. The van der Waals surface area contributed by atoms with Gasteiger partial charge >= 0.3 is 0 Å². The van der Waals surface area contributed by atoms with E-state index in [0.29, 0.717) is 0 Å². The van der Waals surface area contributed by atoms with Crippen molar-refractivity contribution in [2.75, 3.05) is 0 Å². The Balaban J connectivity index is 2.42. The second-order valence-electron chi connectivity index (χ2n) is 4.75. The summed E-state index contributed by atoms with van der Waals surface area (Å²) in [5.41, 5.74) is -1.45. The summed E-state index contributed by atoms with van der Waals surface area (Å²) in [7, 11) is 0. The van der Waals surface area contributed by atoms with Gasteiger partial charge in [0.05, 0.1) is 5.60 Å². The summed E-state index contributed by atoms with van der Waals surface area (Å²) in [6, 6.07) is 9.56. The van der Waals surface area contributed by atoms with Crippen LogP contribution in [0.2, 0.25) is 0 Å². The zero-order valence-electron chi connectivity index (χ0n) is 11.0. The molecule has 1 atom stereocenters. The minimum atomic E-state index is -1.57. The van der Waals surface area contributed by atoms with Gasteiger partial charge in [-0.3, -0.25) is 0 Å². The van der Waals surface area contributed by atoms with Crippen LogP contribution < -0.4 is 0 Å². The highest BCUT2D eigenvalue weighted by Crippen LogP contribution is 2.32. The first-order valence-corrected chi connectivity index (χ1v) is 6.38. The molecule has 4 heteroatoms. The minimum absolute atomic E-state index is 0.0256. The van der Waals surface area contributed by atoms with Crippen molar-refractivity contribution in [1.82, 2.24) is 0 Å². The monoisotopic (exact) mass is 280 g/mol. The summed E-state index contributed by atoms with van der Waals surface area (Å²) in [5.74, 6) is -2.54. The average Bonchev–Trinajstić information content (AvgIpc) is 2.44. The molecule has 2 aromatic carbocycles. The second-order valence-corrected chi connectivity index (χ2v) is 4.75. The van der Waals surface area contributed by atoms with Gasteiger partial charge in [0.2, 0.25) is 0 Å². The van der Waals surface area contributed by atoms with Crippen molar-refractivity contribution in [3.63, 3.8) is 0 Å². The highest BCUT2D eigenvalue weighted by Gasteiger charge is 2.31. The molecule has 0 heterocycles. The first-order valence-electron chi connectivity index (χ1n) is 6.38. The summed E-state index contributed by atoms with van der Waals surface area (Å²) in [5, 5.41) is 10.6. The van der Waals surface area contributed by atoms with Crippen molar-refractivity contribution in [3.05, 3.63) is 71.0 Å². The first kappa shape index (κ1) is 14.6. The van der Waals surface area contributed by atoms with Crippen molar-refractivity contribution in [2.24, 2.45) is 0 Å². The van der Waals surface area contributed by atoms with E-state index in [9.17, 15) is 18.3 Å². The number of hydrogen-bond donors (Lipinski definition) is 1. The summed E-state index contributed by atoms with van der Waals surface area (Å²) in [4.78, 5) is 0. The molecule has 0 aliphatic carbocycles. The Labute approximate surface area is 115 Å². The number of rotatable bonds is 4. The molecule has 0 fully saturated rings. The van der Waals surface area contributed by atoms with Crippen LogP contribution in [0.4, 0.5) is 13.2 Å². The molecule has 0 amide bonds. The molecule has 0 aromatic heterocycles. The van der Waals surface area contributed by atoms with Gasteiger partial charge in [-0.15, -0.1) is 0 Å². The fourth-order valence-corrected chi connectivity index (χ4v) is 2.25. The predicted molar refractivity (Wildman–Crippen MR) is 70.6 cm³/mol. The van der Waals surface area contributed by atoms with Crippen LogP contribution in [0.3, 0.4) is 0 Å². The van der Waals surface area contributed by atoms with Gasteiger partial charge in [0.1, 0.15) is 5.82 Å². The smallest absolute Gasteiger partial charge is 0.162 e. The first-order chi connectivity index (χ1) is 9.48. The Bertz CT molecular complexity index is 612. The van der Waals surface area contributed by atoms with E-state index < -0.39 is 23.1 Å². The van der Waals surface area contributed by atoms with Crippen LogP contribution in [-0.2, 0) is 12.0 Å². The average molecular weight is 280 g/mol. The van der Waals surface area contributed by atoms with Crippen LogP contribution >= 0.6 is 0 Å². The van der Waals surface area contributed by atoms with Gasteiger partial charge in [0, 0.05) is 12.0 Å². The molecule has 106 valence electrons. The molecule has 20 heavy (non-hydrogen) atoms. The third-order valence-electron chi connectivity index (χ3n) is 3.47. The summed E-state index contributed by atoms with van der Waals surface area (Å²) < 4.78 is 40.7. The van der Waals surface area contributed by atoms with E-state index in [-0.39, 0.29) is 24.0 Å². The maximum absolute atomic E-state index is 13.8. The van der Waals surface area contributed by atoms with Crippen molar-refractivity contribution < 1.29 is 18.3 Å². The number of hydrogen-bond acceptors (Lipinski definition) is 1. The van der Waals surface area contributed by atoms with E-state index in [1.807, 2.05) is 0 Å². The van der Waals surface area contributed by atoms with Gasteiger partial charge in [-0.2, -0.15) is 0 Å². The Hall–Kier alpha value is -1.81. The third-order valence-corrected chi connectivity index (χ3v) is 3.47. The SMILES string of the molecule is CCC(O)(Cc1cccc(F)c1F)c1ccccc1F. The lowest BCUT2D eigenvalue weighted by Gasteiger charge is -2.28. The van der Waals surface area contributed by atoms with Gasteiger partial charge in [0.15, 0.2) is 11.6 Å². The maximum atomic E-state index is 13.8. The molecule has 1 nitrogen and oxygen atoms in total. The van der Waals surface area contributed by atoms with Gasteiger partial charge in [0.25, 0.3) is 0 Å². The minimum Gasteiger partial charge on any atom is -0.385 e. The molecule has 0 bridgehead atoms. The standard InChI is InChI=1S/C16H15F3O/c1-2-16(20,12-7-3-4-8-13(12)17)10-11-6-5-9-14(18)15(11)19/h3-9,20H,2,10H2,1H3. The van der Waals surface area contributed by atoms with E-state index in [4.69, 9.17) is 0 Å². The molecule has 0 spiro atoms. The molecular formula is C16H15F3O. The van der Waals surface area contributed by atoms with Gasteiger partial charge in [-0.25, -0.2) is 13.2 Å². The van der Waals surface area contributed by atoms with Crippen LogP contribution in [0, 0.1) is 17.5 Å². The lowest BCUT2D eigenvalue weighted by atomic mass is 9.84. The van der Waals surface area contributed by atoms with Crippen molar-refractivity contribution in [1.29, 1.82) is 0 Å². The van der Waals surface area contributed by atoms with Crippen molar-refractivity contribution >= 4 is 0 Å². The Morgan fingerprint density at radius 1 is 0.950 bits per heavy atom. The molecule has 2 rings (SSSR count).